The Labute approximate surface area is 179 Å². The van der Waals surface area contributed by atoms with Crippen molar-refractivity contribution in [3.63, 3.8) is 0 Å². The van der Waals surface area contributed by atoms with Gasteiger partial charge in [-0.3, -0.25) is 9.59 Å². The molecule has 31 heavy (non-hydrogen) atoms. The molecule has 3 aromatic carbocycles. The quantitative estimate of drug-likeness (QED) is 0.494. The maximum Gasteiger partial charge on any atom is 0.256 e. The summed E-state index contributed by atoms with van der Waals surface area (Å²) < 4.78 is 5.32. The summed E-state index contributed by atoms with van der Waals surface area (Å²) in [6, 6.07) is 24.2. The highest BCUT2D eigenvalue weighted by Crippen LogP contribution is 2.26. The van der Waals surface area contributed by atoms with Crippen LogP contribution in [-0.4, -0.2) is 23.4 Å². The first-order valence-corrected chi connectivity index (χ1v) is 9.79. The largest absolute Gasteiger partial charge is 0.484 e. The lowest BCUT2D eigenvalue weighted by Gasteiger charge is -2.12. The fourth-order valence-corrected chi connectivity index (χ4v) is 3.25. The number of aryl methyl sites for hydroxylation is 1. The van der Waals surface area contributed by atoms with Crippen LogP contribution in [0.15, 0.2) is 78.9 Å². The van der Waals surface area contributed by atoms with Crippen molar-refractivity contribution in [3.8, 4) is 17.0 Å². The highest BCUT2D eigenvalue weighted by atomic mass is 16.5. The van der Waals surface area contributed by atoms with E-state index in [1.54, 1.807) is 30.3 Å². The standard InChI is InChI=1S/C25H21N3O3/c1-16-9-11-17(12-10-16)23-14-21(20-7-2-3-8-22(20)28-23)25(30)27-18-5-4-6-19(13-18)31-15-24(26)29/h2-14H,15H2,1H3,(H2,26,29)(H,27,30). The minimum Gasteiger partial charge on any atom is -0.484 e. The number of anilines is 1. The van der Waals surface area contributed by atoms with Gasteiger partial charge in [-0.25, -0.2) is 4.98 Å². The number of nitrogens with two attached hydrogens (primary N) is 1. The molecule has 0 aliphatic heterocycles. The summed E-state index contributed by atoms with van der Waals surface area (Å²) >= 11 is 0. The number of hydrogen-bond donors (Lipinski definition) is 2. The zero-order valence-electron chi connectivity index (χ0n) is 17.0. The van der Waals surface area contributed by atoms with E-state index < -0.39 is 5.91 Å². The predicted molar refractivity (Wildman–Crippen MR) is 121 cm³/mol. The molecule has 0 atom stereocenters. The maximum atomic E-state index is 13.2. The van der Waals surface area contributed by atoms with E-state index in [2.05, 4.69) is 5.32 Å². The number of ether oxygens (including phenoxy) is 1. The van der Waals surface area contributed by atoms with E-state index in [4.69, 9.17) is 15.5 Å². The predicted octanol–water partition coefficient (Wildman–Crippen LogP) is 4.33. The van der Waals surface area contributed by atoms with E-state index in [0.29, 0.717) is 17.0 Å². The summed E-state index contributed by atoms with van der Waals surface area (Å²) in [5, 5.41) is 3.66. The number of carbonyl (C=O) groups excluding carboxylic acids is 2. The van der Waals surface area contributed by atoms with Gasteiger partial charge in [0, 0.05) is 22.7 Å². The second-order valence-electron chi connectivity index (χ2n) is 7.18. The molecule has 0 fully saturated rings. The first kappa shape index (κ1) is 20.1. The van der Waals surface area contributed by atoms with Crippen LogP contribution in [0.2, 0.25) is 0 Å². The third-order valence-corrected chi connectivity index (χ3v) is 4.78. The number of benzene rings is 3. The molecule has 4 rings (SSSR count). The smallest absolute Gasteiger partial charge is 0.256 e. The Balaban J connectivity index is 1.68. The van der Waals surface area contributed by atoms with Gasteiger partial charge in [-0.15, -0.1) is 0 Å². The van der Waals surface area contributed by atoms with Gasteiger partial charge >= 0.3 is 0 Å². The van der Waals surface area contributed by atoms with Crippen LogP contribution in [0.5, 0.6) is 5.75 Å². The zero-order chi connectivity index (χ0) is 21.8. The molecular weight excluding hydrogens is 390 g/mol. The summed E-state index contributed by atoms with van der Waals surface area (Å²) in [5.74, 6) is -0.392. The van der Waals surface area contributed by atoms with E-state index in [1.165, 1.54) is 0 Å². The Bertz CT molecular complexity index is 1270. The molecule has 0 radical (unpaired) electrons. The van der Waals surface area contributed by atoms with E-state index in [9.17, 15) is 9.59 Å². The fraction of sp³-hybridized carbons (Fsp3) is 0.0800. The molecule has 0 saturated heterocycles. The molecular formula is C25H21N3O3. The number of amides is 2. The lowest BCUT2D eigenvalue weighted by atomic mass is 10.0. The minimum absolute atomic E-state index is 0.230. The van der Waals surface area contributed by atoms with Crippen molar-refractivity contribution < 1.29 is 14.3 Å². The highest BCUT2D eigenvalue weighted by Gasteiger charge is 2.14. The normalized spacial score (nSPS) is 10.6. The van der Waals surface area contributed by atoms with Crippen molar-refractivity contribution in [3.05, 3.63) is 90.0 Å². The van der Waals surface area contributed by atoms with Gasteiger partial charge in [-0.2, -0.15) is 0 Å². The molecule has 0 spiro atoms. The van der Waals surface area contributed by atoms with Gasteiger partial charge in [0.15, 0.2) is 6.61 Å². The van der Waals surface area contributed by atoms with Gasteiger partial charge in [0.1, 0.15) is 5.75 Å². The summed E-state index contributed by atoms with van der Waals surface area (Å²) in [7, 11) is 0. The Hall–Kier alpha value is -4.19. The van der Waals surface area contributed by atoms with E-state index in [-0.39, 0.29) is 12.5 Å². The molecule has 0 saturated carbocycles. The second kappa shape index (κ2) is 8.67. The van der Waals surface area contributed by atoms with Crippen LogP contribution in [0.25, 0.3) is 22.2 Å². The van der Waals surface area contributed by atoms with Crippen molar-refractivity contribution in [2.24, 2.45) is 5.73 Å². The second-order valence-corrected chi connectivity index (χ2v) is 7.18. The maximum absolute atomic E-state index is 13.2. The number of para-hydroxylation sites is 1. The molecule has 4 aromatic rings. The summed E-state index contributed by atoms with van der Waals surface area (Å²) in [5.41, 5.74) is 9.74. The molecule has 0 aliphatic carbocycles. The Morgan fingerprint density at radius 1 is 0.968 bits per heavy atom. The number of rotatable bonds is 6. The number of pyridine rings is 1. The Morgan fingerprint density at radius 3 is 2.52 bits per heavy atom. The Kier molecular flexibility index (Phi) is 5.62. The number of nitrogens with zero attached hydrogens (tertiary/aromatic N) is 1. The van der Waals surface area contributed by atoms with Crippen LogP contribution in [-0.2, 0) is 4.79 Å². The van der Waals surface area contributed by atoms with Gasteiger partial charge in [-0.1, -0.05) is 54.1 Å². The van der Waals surface area contributed by atoms with E-state index in [1.807, 2.05) is 55.5 Å². The molecule has 0 aliphatic rings. The van der Waals surface area contributed by atoms with E-state index >= 15 is 0 Å². The lowest BCUT2D eigenvalue weighted by Crippen LogP contribution is -2.20. The Morgan fingerprint density at radius 2 is 1.74 bits per heavy atom. The van der Waals surface area contributed by atoms with Crippen LogP contribution in [0.3, 0.4) is 0 Å². The lowest BCUT2D eigenvalue weighted by molar-refractivity contribution is -0.119. The number of hydrogen-bond acceptors (Lipinski definition) is 4. The summed E-state index contributed by atoms with van der Waals surface area (Å²) in [4.78, 5) is 28.9. The molecule has 1 heterocycles. The monoisotopic (exact) mass is 411 g/mol. The van der Waals surface area contributed by atoms with Crippen LogP contribution in [0.1, 0.15) is 15.9 Å². The average Bonchev–Trinajstić information content (AvgIpc) is 2.77. The van der Waals surface area contributed by atoms with Crippen molar-refractivity contribution in [1.82, 2.24) is 4.98 Å². The van der Waals surface area contributed by atoms with Gasteiger partial charge < -0.3 is 15.8 Å². The third-order valence-electron chi connectivity index (χ3n) is 4.78. The third kappa shape index (κ3) is 4.70. The van der Waals surface area contributed by atoms with E-state index in [0.717, 1.165) is 27.7 Å². The first-order valence-electron chi connectivity index (χ1n) is 9.79. The molecule has 6 heteroatoms. The van der Waals surface area contributed by atoms with Gasteiger partial charge in [0.2, 0.25) is 0 Å². The summed E-state index contributed by atoms with van der Waals surface area (Å²) in [6.07, 6.45) is 0. The van der Waals surface area contributed by atoms with Crippen molar-refractivity contribution in [2.75, 3.05) is 11.9 Å². The number of aromatic nitrogens is 1. The molecule has 6 nitrogen and oxygen atoms in total. The number of fused-ring (bicyclic) bond motifs is 1. The molecule has 0 bridgehead atoms. The minimum atomic E-state index is -0.568. The van der Waals surface area contributed by atoms with Crippen molar-refractivity contribution in [2.45, 2.75) is 6.92 Å². The van der Waals surface area contributed by atoms with Gasteiger partial charge in [0.05, 0.1) is 16.8 Å². The van der Waals surface area contributed by atoms with Gasteiger partial charge in [0.25, 0.3) is 11.8 Å². The molecule has 2 amide bonds. The number of carbonyl (C=O) groups is 2. The zero-order valence-corrected chi connectivity index (χ0v) is 17.0. The molecule has 154 valence electrons. The fourth-order valence-electron chi connectivity index (χ4n) is 3.25. The van der Waals surface area contributed by atoms with Crippen LogP contribution >= 0.6 is 0 Å². The summed E-state index contributed by atoms with van der Waals surface area (Å²) in [6.45, 7) is 1.80. The van der Waals surface area contributed by atoms with Crippen molar-refractivity contribution >= 4 is 28.4 Å². The van der Waals surface area contributed by atoms with Crippen LogP contribution < -0.4 is 15.8 Å². The number of nitrogens with one attached hydrogen (secondary N) is 1. The molecule has 1 aromatic heterocycles. The SMILES string of the molecule is Cc1ccc(-c2cc(C(=O)Nc3cccc(OCC(N)=O)c3)c3ccccc3n2)cc1. The average molecular weight is 411 g/mol. The molecule has 3 N–H and O–H groups in total. The highest BCUT2D eigenvalue weighted by molar-refractivity contribution is 6.13. The van der Waals surface area contributed by atoms with Crippen LogP contribution in [0.4, 0.5) is 5.69 Å². The number of primary amides is 1. The van der Waals surface area contributed by atoms with Gasteiger partial charge in [-0.05, 0) is 31.2 Å². The molecule has 0 unspecified atom stereocenters. The van der Waals surface area contributed by atoms with Crippen LogP contribution in [0, 0.1) is 6.92 Å². The topological polar surface area (TPSA) is 94.3 Å². The van der Waals surface area contributed by atoms with Crippen molar-refractivity contribution in [1.29, 1.82) is 0 Å². The first-order chi connectivity index (χ1) is 15.0.